The second-order valence-electron chi connectivity index (χ2n) is 3.28. The number of hydrogen-bond acceptors (Lipinski definition) is 4. The first-order chi connectivity index (χ1) is 7.81. The van der Waals surface area contributed by atoms with Crippen LogP contribution in [0.4, 0.5) is 0 Å². The third-order valence-corrected chi connectivity index (χ3v) is 2.17. The highest BCUT2D eigenvalue weighted by Gasteiger charge is 2.06. The first-order valence-corrected chi connectivity index (χ1v) is 4.89. The van der Waals surface area contributed by atoms with Crippen LogP contribution in [0, 0.1) is 0 Å². The SMILES string of the molecule is COCCNC(=O)c1ccc2n[nH]nc2c1. The van der Waals surface area contributed by atoms with E-state index < -0.39 is 0 Å². The Bertz CT molecular complexity index is 494. The minimum Gasteiger partial charge on any atom is -0.383 e. The molecule has 0 fully saturated rings. The summed E-state index contributed by atoms with van der Waals surface area (Å²) in [6, 6.07) is 5.16. The number of carbonyl (C=O) groups is 1. The lowest BCUT2D eigenvalue weighted by molar-refractivity contribution is 0.0937. The topological polar surface area (TPSA) is 79.9 Å². The lowest BCUT2D eigenvalue weighted by Crippen LogP contribution is -2.26. The molecule has 84 valence electrons. The Labute approximate surface area is 92.0 Å². The number of rotatable bonds is 4. The summed E-state index contributed by atoms with van der Waals surface area (Å²) in [6.07, 6.45) is 0. The number of aromatic amines is 1. The molecule has 2 rings (SSSR count). The van der Waals surface area contributed by atoms with Gasteiger partial charge in [0, 0.05) is 19.2 Å². The summed E-state index contributed by atoms with van der Waals surface area (Å²) in [6.45, 7) is 0.990. The summed E-state index contributed by atoms with van der Waals surface area (Å²) in [5, 5.41) is 13.1. The molecule has 0 atom stereocenters. The van der Waals surface area contributed by atoms with Gasteiger partial charge in [-0.05, 0) is 18.2 Å². The molecule has 6 nitrogen and oxygen atoms in total. The van der Waals surface area contributed by atoms with Crippen molar-refractivity contribution in [1.82, 2.24) is 20.7 Å². The minimum absolute atomic E-state index is 0.137. The maximum Gasteiger partial charge on any atom is 0.251 e. The Kier molecular flexibility index (Phi) is 3.11. The van der Waals surface area contributed by atoms with Crippen molar-refractivity contribution in [3.63, 3.8) is 0 Å². The molecule has 1 aromatic carbocycles. The van der Waals surface area contributed by atoms with Crippen LogP contribution in [-0.2, 0) is 4.74 Å². The fourth-order valence-corrected chi connectivity index (χ4v) is 1.35. The number of hydrogen-bond donors (Lipinski definition) is 2. The van der Waals surface area contributed by atoms with E-state index in [2.05, 4.69) is 20.7 Å². The van der Waals surface area contributed by atoms with E-state index in [9.17, 15) is 4.79 Å². The molecule has 0 spiro atoms. The molecule has 16 heavy (non-hydrogen) atoms. The Morgan fingerprint density at radius 2 is 2.25 bits per heavy atom. The highest BCUT2D eigenvalue weighted by atomic mass is 16.5. The van der Waals surface area contributed by atoms with E-state index in [-0.39, 0.29) is 5.91 Å². The van der Waals surface area contributed by atoms with Gasteiger partial charge < -0.3 is 10.1 Å². The van der Waals surface area contributed by atoms with E-state index in [4.69, 9.17) is 4.74 Å². The largest absolute Gasteiger partial charge is 0.383 e. The Balaban J connectivity index is 2.10. The molecule has 0 unspecified atom stereocenters. The highest BCUT2D eigenvalue weighted by Crippen LogP contribution is 2.10. The Morgan fingerprint density at radius 3 is 3.06 bits per heavy atom. The number of ether oxygens (including phenoxy) is 1. The molecular weight excluding hydrogens is 208 g/mol. The van der Waals surface area contributed by atoms with Gasteiger partial charge >= 0.3 is 0 Å². The molecule has 0 aliphatic rings. The Morgan fingerprint density at radius 1 is 1.44 bits per heavy atom. The number of carbonyl (C=O) groups excluding carboxylic acids is 1. The highest BCUT2D eigenvalue weighted by molar-refractivity contribution is 5.97. The van der Waals surface area contributed by atoms with Crippen molar-refractivity contribution in [2.75, 3.05) is 20.3 Å². The average molecular weight is 220 g/mol. The number of aromatic nitrogens is 3. The number of benzene rings is 1. The molecular formula is C10H12N4O2. The summed E-state index contributed by atoms with van der Waals surface area (Å²) in [5.74, 6) is -0.137. The molecule has 0 saturated heterocycles. The van der Waals surface area contributed by atoms with Crippen LogP contribution in [-0.4, -0.2) is 41.6 Å². The van der Waals surface area contributed by atoms with Crippen LogP contribution in [0.5, 0.6) is 0 Å². The van der Waals surface area contributed by atoms with Gasteiger partial charge in [-0.2, -0.15) is 15.4 Å². The standard InChI is InChI=1S/C10H12N4O2/c1-16-5-4-11-10(15)7-2-3-8-9(6-7)13-14-12-8/h2-3,6H,4-5H2,1H3,(H,11,15)(H,12,13,14). The van der Waals surface area contributed by atoms with Gasteiger partial charge in [0.2, 0.25) is 0 Å². The van der Waals surface area contributed by atoms with Crippen LogP contribution in [0.1, 0.15) is 10.4 Å². The van der Waals surface area contributed by atoms with Gasteiger partial charge in [0.05, 0.1) is 6.61 Å². The lowest BCUT2D eigenvalue weighted by atomic mass is 10.2. The average Bonchev–Trinajstić information content (AvgIpc) is 2.76. The number of nitrogens with one attached hydrogen (secondary N) is 2. The summed E-state index contributed by atoms with van der Waals surface area (Å²) < 4.78 is 4.84. The van der Waals surface area contributed by atoms with Gasteiger partial charge in [0.15, 0.2) is 0 Å². The van der Waals surface area contributed by atoms with Crippen LogP contribution >= 0.6 is 0 Å². The van der Waals surface area contributed by atoms with Crippen LogP contribution < -0.4 is 5.32 Å². The summed E-state index contributed by atoms with van der Waals surface area (Å²) in [7, 11) is 1.59. The lowest BCUT2D eigenvalue weighted by Gasteiger charge is -2.03. The van der Waals surface area contributed by atoms with Gasteiger partial charge in [-0.3, -0.25) is 4.79 Å². The van der Waals surface area contributed by atoms with Crippen molar-refractivity contribution in [3.05, 3.63) is 23.8 Å². The smallest absolute Gasteiger partial charge is 0.251 e. The minimum atomic E-state index is -0.137. The molecule has 0 aliphatic carbocycles. The van der Waals surface area contributed by atoms with Crippen molar-refractivity contribution in [3.8, 4) is 0 Å². The number of H-pyrrole nitrogens is 1. The third-order valence-electron chi connectivity index (χ3n) is 2.17. The van der Waals surface area contributed by atoms with Crippen molar-refractivity contribution in [2.45, 2.75) is 0 Å². The molecule has 0 bridgehead atoms. The predicted octanol–water partition coefficient (Wildman–Crippen LogP) is 0.334. The number of nitrogens with zero attached hydrogens (tertiary/aromatic N) is 2. The van der Waals surface area contributed by atoms with E-state index in [0.29, 0.717) is 24.2 Å². The van der Waals surface area contributed by atoms with Crippen molar-refractivity contribution in [1.29, 1.82) is 0 Å². The molecule has 0 saturated carbocycles. The van der Waals surface area contributed by atoms with Crippen LogP contribution in [0.2, 0.25) is 0 Å². The number of methoxy groups -OCH3 is 1. The number of fused-ring (bicyclic) bond motifs is 1. The first kappa shape index (κ1) is 10.6. The maximum absolute atomic E-state index is 11.7. The van der Waals surface area contributed by atoms with E-state index >= 15 is 0 Å². The van der Waals surface area contributed by atoms with Crippen LogP contribution in [0.15, 0.2) is 18.2 Å². The van der Waals surface area contributed by atoms with E-state index in [1.807, 2.05) is 0 Å². The van der Waals surface area contributed by atoms with E-state index in [1.54, 1.807) is 25.3 Å². The molecule has 1 amide bonds. The van der Waals surface area contributed by atoms with Gasteiger partial charge in [-0.1, -0.05) is 0 Å². The second-order valence-corrected chi connectivity index (χ2v) is 3.28. The van der Waals surface area contributed by atoms with E-state index in [0.717, 1.165) is 5.52 Å². The zero-order chi connectivity index (χ0) is 11.4. The zero-order valence-corrected chi connectivity index (χ0v) is 8.86. The fourth-order valence-electron chi connectivity index (χ4n) is 1.35. The molecule has 2 aromatic rings. The van der Waals surface area contributed by atoms with E-state index in [1.165, 1.54) is 0 Å². The predicted molar refractivity (Wildman–Crippen MR) is 58.1 cm³/mol. The van der Waals surface area contributed by atoms with Crippen molar-refractivity contribution in [2.24, 2.45) is 0 Å². The normalized spacial score (nSPS) is 10.6. The molecule has 6 heteroatoms. The van der Waals surface area contributed by atoms with Gasteiger partial charge in [0.25, 0.3) is 5.91 Å². The fraction of sp³-hybridized carbons (Fsp3) is 0.300. The Hall–Kier alpha value is -1.95. The van der Waals surface area contributed by atoms with Crippen LogP contribution in [0.3, 0.4) is 0 Å². The second kappa shape index (κ2) is 4.71. The quantitative estimate of drug-likeness (QED) is 0.728. The molecule has 0 aliphatic heterocycles. The van der Waals surface area contributed by atoms with Gasteiger partial charge in [-0.25, -0.2) is 0 Å². The summed E-state index contributed by atoms with van der Waals surface area (Å²) in [5.41, 5.74) is 1.99. The molecule has 0 radical (unpaired) electrons. The zero-order valence-electron chi connectivity index (χ0n) is 8.86. The maximum atomic E-state index is 11.7. The van der Waals surface area contributed by atoms with Crippen molar-refractivity contribution >= 4 is 16.9 Å². The third kappa shape index (κ3) is 2.17. The summed E-state index contributed by atoms with van der Waals surface area (Å²) >= 11 is 0. The number of amides is 1. The van der Waals surface area contributed by atoms with Gasteiger partial charge in [0.1, 0.15) is 11.0 Å². The van der Waals surface area contributed by atoms with Crippen LogP contribution in [0.25, 0.3) is 11.0 Å². The molecule has 2 N–H and O–H groups in total. The van der Waals surface area contributed by atoms with Gasteiger partial charge in [-0.15, -0.1) is 0 Å². The monoisotopic (exact) mass is 220 g/mol. The van der Waals surface area contributed by atoms with Crippen molar-refractivity contribution < 1.29 is 9.53 Å². The summed E-state index contributed by atoms with van der Waals surface area (Å²) in [4.78, 5) is 11.7. The molecule has 1 heterocycles. The molecule has 1 aromatic heterocycles. The first-order valence-electron chi connectivity index (χ1n) is 4.89.